The monoisotopic (exact) mass is 256 g/mol. The van der Waals surface area contributed by atoms with Gasteiger partial charge in [0.1, 0.15) is 11.8 Å². The fourth-order valence-corrected chi connectivity index (χ4v) is 1.97. The number of pyridine rings is 1. The Morgan fingerprint density at radius 1 is 1.53 bits per heavy atom. The van der Waals surface area contributed by atoms with Crippen LogP contribution in [-0.2, 0) is 11.2 Å². The van der Waals surface area contributed by atoms with Crippen LogP contribution in [0.25, 0.3) is 5.69 Å². The largest absolute Gasteiger partial charge is 0.481 e. The molecular weight excluding hydrogens is 244 g/mol. The molecule has 6 heteroatoms. The number of aryl methyl sites for hydroxylation is 1. The van der Waals surface area contributed by atoms with Crippen molar-refractivity contribution in [2.24, 2.45) is 0 Å². The highest BCUT2D eigenvalue weighted by Gasteiger charge is 2.17. The van der Waals surface area contributed by atoms with Crippen LogP contribution in [0.2, 0.25) is 0 Å². The number of aliphatic carboxylic acids is 1. The molecule has 0 spiro atoms. The molecule has 6 nitrogen and oxygen atoms in total. The molecule has 0 amide bonds. The maximum absolute atomic E-state index is 10.8. The molecule has 0 saturated carbocycles. The third-order valence-corrected chi connectivity index (χ3v) is 2.89. The Balaban J connectivity index is 2.59. The van der Waals surface area contributed by atoms with E-state index in [2.05, 4.69) is 10.1 Å². The molecule has 2 aromatic heterocycles. The number of nitriles is 1. The zero-order chi connectivity index (χ0) is 14.0. The van der Waals surface area contributed by atoms with Gasteiger partial charge in [0.2, 0.25) is 0 Å². The van der Waals surface area contributed by atoms with Crippen LogP contribution in [0.1, 0.15) is 22.6 Å². The lowest BCUT2D eigenvalue weighted by Crippen LogP contribution is -2.05. The normalized spacial score (nSPS) is 10.2. The molecule has 0 unspecified atom stereocenters. The smallest absolute Gasteiger partial charge is 0.307 e. The number of hydrogen-bond donors (Lipinski definition) is 1. The van der Waals surface area contributed by atoms with Crippen molar-refractivity contribution in [3.63, 3.8) is 0 Å². The molecular formula is C13H12N4O2. The van der Waals surface area contributed by atoms with Crippen LogP contribution in [0.5, 0.6) is 0 Å². The van der Waals surface area contributed by atoms with Gasteiger partial charge >= 0.3 is 5.97 Å². The first kappa shape index (κ1) is 12.8. The minimum Gasteiger partial charge on any atom is -0.481 e. The van der Waals surface area contributed by atoms with Gasteiger partial charge in [0.15, 0.2) is 5.69 Å². The minimum atomic E-state index is -0.905. The van der Waals surface area contributed by atoms with Crippen LogP contribution in [0, 0.1) is 25.2 Å². The Morgan fingerprint density at radius 3 is 2.89 bits per heavy atom. The van der Waals surface area contributed by atoms with Crippen molar-refractivity contribution in [2.75, 3.05) is 0 Å². The van der Waals surface area contributed by atoms with Crippen LogP contribution in [0.3, 0.4) is 0 Å². The SMILES string of the molecule is Cc1nn(-c2cccnc2C#N)c(C)c1CC(=O)O. The summed E-state index contributed by atoms with van der Waals surface area (Å²) in [4.78, 5) is 14.8. The molecule has 2 rings (SSSR count). The number of hydrogen-bond acceptors (Lipinski definition) is 4. The predicted octanol–water partition coefficient (Wildman–Crippen LogP) is 1.38. The quantitative estimate of drug-likeness (QED) is 0.895. The molecule has 2 aromatic rings. The Morgan fingerprint density at radius 2 is 2.26 bits per heavy atom. The van der Waals surface area contributed by atoms with Gasteiger partial charge in [0, 0.05) is 17.5 Å². The van der Waals surface area contributed by atoms with Crippen molar-refractivity contribution >= 4 is 5.97 Å². The Hall–Kier alpha value is -2.68. The molecule has 1 N–H and O–H groups in total. The van der Waals surface area contributed by atoms with Gasteiger partial charge in [-0.1, -0.05) is 0 Å². The third-order valence-electron chi connectivity index (χ3n) is 2.89. The lowest BCUT2D eigenvalue weighted by atomic mass is 10.1. The summed E-state index contributed by atoms with van der Waals surface area (Å²) in [5.41, 5.74) is 2.84. The summed E-state index contributed by atoms with van der Waals surface area (Å²) in [7, 11) is 0. The van der Waals surface area contributed by atoms with E-state index in [9.17, 15) is 4.79 Å². The second kappa shape index (κ2) is 4.90. The standard InChI is InChI=1S/C13H12N4O2/c1-8-10(6-13(18)19)9(2)17(16-8)12-4-3-5-15-11(12)7-14/h3-5H,6H2,1-2H3,(H,18,19). The number of aromatic nitrogens is 3. The summed E-state index contributed by atoms with van der Waals surface area (Å²) in [6, 6.07) is 5.45. The summed E-state index contributed by atoms with van der Waals surface area (Å²) >= 11 is 0. The Kier molecular flexibility index (Phi) is 3.29. The van der Waals surface area contributed by atoms with Gasteiger partial charge in [-0.15, -0.1) is 0 Å². The molecule has 0 aliphatic heterocycles. The fraction of sp³-hybridized carbons (Fsp3) is 0.231. The zero-order valence-electron chi connectivity index (χ0n) is 10.6. The molecule has 0 bridgehead atoms. The van der Waals surface area contributed by atoms with Crippen LogP contribution >= 0.6 is 0 Å². The van der Waals surface area contributed by atoms with Crippen molar-refractivity contribution < 1.29 is 9.90 Å². The molecule has 0 saturated heterocycles. The molecule has 0 aromatic carbocycles. The van der Waals surface area contributed by atoms with Crippen LogP contribution < -0.4 is 0 Å². The molecule has 0 fully saturated rings. The van der Waals surface area contributed by atoms with E-state index in [4.69, 9.17) is 10.4 Å². The van der Waals surface area contributed by atoms with E-state index in [1.807, 2.05) is 6.07 Å². The maximum Gasteiger partial charge on any atom is 0.307 e. The van der Waals surface area contributed by atoms with E-state index >= 15 is 0 Å². The van der Waals surface area contributed by atoms with E-state index in [0.29, 0.717) is 22.6 Å². The van der Waals surface area contributed by atoms with Crippen LogP contribution in [0.15, 0.2) is 18.3 Å². The molecule has 0 aliphatic carbocycles. The van der Waals surface area contributed by atoms with Gasteiger partial charge in [-0.05, 0) is 26.0 Å². The minimum absolute atomic E-state index is 0.0835. The van der Waals surface area contributed by atoms with Gasteiger partial charge in [-0.25, -0.2) is 9.67 Å². The van der Waals surface area contributed by atoms with Crippen molar-refractivity contribution in [3.05, 3.63) is 41.0 Å². The second-order valence-corrected chi connectivity index (χ2v) is 4.11. The maximum atomic E-state index is 10.8. The summed E-state index contributed by atoms with van der Waals surface area (Å²) in [5, 5.41) is 22.2. The highest BCUT2D eigenvalue weighted by atomic mass is 16.4. The summed E-state index contributed by atoms with van der Waals surface area (Å²) in [6.07, 6.45) is 1.45. The molecule has 96 valence electrons. The summed E-state index contributed by atoms with van der Waals surface area (Å²) < 4.78 is 1.57. The van der Waals surface area contributed by atoms with Gasteiger partial charge in [0.05, 0.1) is 12.1 Å². The zero-order valence-corrected chi connectivity index (χ0v) is 10.6. The van der Waals surface area contributed by atoms with Gasteiger partial charge in [-0.3, -0.25) is 4.79 Å². The Labute approximate surface area is 109 Å². The first-order chi connectivity index (χ1) is 9.04. The summed E-state index contributed by atoms with van der Waals surface area (Å²) in [5.74, 6) is -0.905. The lowest BCUT2D eigenvalue weighted by molar-refractivity contribution is -0.136. The predicted molar refractivity (Wildman–Crippen MR) is 66.9 cm³/mol. The number of rotatable bonds is 3. The van der Waals surface area contributed by atoms with Crippen molar-refractivity contribution in [1.29, 1.82) is 5.26 Å². The fourth-order valence-electron chi connectivity index (χ4n) is 1.97. The first-order valence-electron chi connectivity index (χ1n) is 5.67. The van der Waals surface area contributed by atoms with Crippen LogP contribution in [-0.4, -0.2) is 25.8 Å². The van der Waals surface area contributed by atoms with Gasteiger partial charge in [0.25, 0.3) is 0 Å². The highest BCUT2D eigenvalue weighted by Crippen LogP contribution is 2.19. The van der Waals surface area contributed by atoms with E-state index in [1.54, 1.807) is 30.7 Å². The average molecular weight is 256 g/mol. The van der Waals surface area contributed by atoms with E-state index in [1.165, 1.54) is 6.20 Å². The van der Waals surface area contributed by atoms with Gasteiger partial charge < -0.3 is 5.11 Å². The molecule has 0 atom stereocenters. The Bertz CT molecular complexity index is 682. The third kappa shape index (κ3) is 2.31. The van der Waals surface area contributed by atoms with E-state index < -0.39 is 5.97 Å². The topological polar surface area (TPSA) is 91.8 Å². The molecule has 0 radical (unpaired) electrons. The number of carboxylic acid groups (broad SMARTS) is 1. The van der Waals surface area contributed by atoms with E-state index in [-0.39, 0.29) is 12.1 Å². The van der Waals surface area contributed by atoms with E-state index in [0.717, 1.165) is 0 Å². The average Bonchev–Trinajstić information content (AvgIpc) is 2.66. The molecule has 0 aliphatic rings. The molecule has 2 heterocycles. The van der Waals surface area contributed by atoms with Gasteiger partial charge in [-0.2, -0.15) is 10.4 Å². The van der Waals surface area contributed by atoms with Crippen molar-refractivity contribution in [3.8, 4) is 11.8 Å². The van der Waals surface area contributed by atoms with Crippen molar-refractivity contribution in [2.45, 2.75) is 20.3 Å². The summed E-state index contributed by atoms with van der Waals surface area (Å²) in [6.45, 7) is 3.54. The number of carboxylic acids is 1. The highest BCUT2D eigenvalue weighted by molar-refractivity contribution is 5.71. The first-order valence-corrected chi connectivity index (χ1v) is 5.67. The number of carbonyl (C=O) groups is 1. The lowest BCUT2D eigenvalue weighted by Gasteiger charge is -2.05. The van der Waals surface area contributed by atoms with Crippen molar-refractivity contribution in [1.82, 2.24) is 14.8 Å². The molecule has 19 heavy (non-hydrogen) atoms. The van der Waals surface area contributed by atoms with Crippen LogP contribution in [0.4, 0.5) is 0 Å². The second-order valence-electron chi connectivity index (χ2n) is 4.11. The number of nitrogens with zero attached hydrogens (tertiary/aromatic N) is 4.